The van der Waals surface area contributed by atoms with Crippen LogP contribution in [-0.2, 0) is 4.74 Å². The second-order valence-corrected chi connectivity index (χ2v) is 7.25. The van der Waals surface area contributed by atoms with Gasteiger partial charge < -0.3 is 15.0 Å². The standard InChI is InChI=1S/C18H25N5O2/c1-18(2,3)25-17(24)22-11-8-14(9-12-22)20-15-6-4-5-7-16(15)23-13-10-19-21-23/h4-7,10,13-14,20H,8-9,11-12H2,1-3H3. The molecule has 134 valence electrons. The molecule has 1 saturated heterocycles. The van der Waals surface area contributed by atoms with Gasteiger partial charge in [-0.3, -0.25) is 0 Å². The lowest BCUT2D eigenvalue weighted by Crippen LogP contribution is -2.44. The van der Waals surface area contributed by atoms with Crippen LogP contribution in [0.2, 0.25) is 0 Å². The normalized spacial score (nSPS) is 15.9. The lowest BCUT2D eigenvalue weighted by molar-refractivity contribution is 0.0210. The van der Waals surface area contributed by atoms with Crippen LogP contribution in [0.4, 0.5) is 10.5 Å². The van der Waals surface area contributed by atoms with Crippen molar-refractivity contribution < 1.29 is 9.53 Å². The highest BCUT2D eigenvalue weighted by molar-refractivity contribution is 5.68. The molecule has 0 bridgehead atoms. The number of amides is 1. The molecule has 1 aliphatic heterocycles. The molecule has 0 spiro atoms. The Hall–Kier alpha value is -2.57. The molecule has 3 rings (SSSR count). The molecule has 0 radical (unpaired) electrons. The van der Waals surface area contributed by atoms with Gasteiger partial charge in [-0.2, -0.15) is 0 Å². The summed E-state index contributed by atoms with van der Waals surface area (Å²) in [6, 6.07) is 8.33. The Balaban J connectivity index is 1.59. The summed E-state index contributed by atoms with van der Waals surface area (Å²) in [5.74, 6) is 0. The maximum Gasteiger partial charge on any atom is 0.410 e. The lowest BCUT2D eigenvalue weighted by Gasteiger charge is -2.34. The maximum atomic E-state index is 12.2. The topological polar surface area (TPSA) is 72.3 Å². The quantitative estimate of drug-likeness (QED) is 0.927. The number of rotatable bonds is 3. The summed E-state index contributed by atoms with van der Waals surface area (Å²) in [6.07, 6.45) is 5.02. The summed E-state index contributed by atoms with van der Waals surface area (Å²) in [5, 5.41) is 11.5. The highest BCUT2D eigenvalue weighted by Gasteiger charge is 2.27. The minimum atomic E-state index is -0.455. The molecule has 1 N–H and O–H groups in total. The number of likely N-dealkylation sites (tertiary alicyclic amines) is 1. The van der Waals surface area contributed by atoms with Gasteiger partial charge in [0.2, 0.25) is 0 Å². The predicted molar refractivity (Wildman–Crippen MR) is 95.8 cm³/mol. The Labute approximate surface area is 148 Å². The Bertz CT molecular complexity index is 701. The van der Waals surface area contributed by atoms with Gasteiger partial charge in [0, 0.05) is 19.1 Å². The van der Waals surface area contributed by atoms with Crippen LogP contribution in [0, 0.1) is 0 Å². The van der Waals surface area contributed by atoms with Crippen LogP contribution < -0.4 is 5.32 Å². The van der Waals surface area contributed by atoms with E-state index in [1.807, 2.05) is 51.2 Å². The van der Waals surface area contributed by atoms with Gasteiger partial charge in [-0.1, -0.05) is 17.3 Å². The molecule has 1 amide bonds. The first-order chi connectivity index (χ1) is 11.9. The van der Waals surface area contributed by atoms with Gasteiger partial charge in [0.1, 0.15) is 5.60 Å². The number of carbonyl (C=O) groups is 1. The van der Waals surface area contributed by atoms with Crippen LogP contribution >= 0.6 is 0 Å². The van der Waals surface area contributed by atoms with E-state index in [0.717, 1.165) is 24.2 Å². The van der Waals surface area contributed by atoms with Crippen molar-refractivity contribution in [1.29, 1.82) is 0 Å². The molecule has 25 heavy (non-hydrogen) atoms. The molecule has 1 aliphatic rings. The van der Waals surface area contributed by atoms with Crippen molar-refractivity contribution >= 4 is 11.8 Å². The molecular weight excluding hydrogens is 318 g/mol. The number of hydrogen-bond acceptors (Lipinski definition) is 5. The first kappa shape index (κ1) is 17.3. The summed E-state index contributed by atoms with van der Waals surface area (Å²) in [5.41, 5.74) is 1.53. The van der Waals surface area contributed by atoms with Gasteiger partial charge in [0.25, 0.3) is 0 Å². The van der Waals surface area contributed by atoms with E-state index in [1.54, 1.807) is 15.8 Å². The van der Waals surface area contributed by atoms with Gasteiger partial charge in [-0.25, -0.2) is 9.48 Å². The van der Waals surface area contributed by atoms with E-state index in [-0.39, 0.29) is 6.09 Å². The minimum Gasteiger partial charge on any atom is -0.444 e. The Kier molecular flexibility index (Phi) is 4.92. The number of carbonyl (C=O) groups excluding carboxylic acids is 1. The number of nitrogens with zero attached hydrogens (tertiary/aromatic N) is 4. The summed E-state index contributed by atoms with van der Waals surface area (Å²) in [4.78, 5) is 13.9. The minimum absolute atomic E-state index is 0.228. The van der Waals surface area contributed by atoms with Gasteiger partial charge in [-0.05, 0) is 45.7 Å². The summed E-state index contributed by atoms with van der Waals surface area (Å²) >= 11 is 0. The van der Waals surface area contributed by atoms with Gasteiger partial charge >= 0.3 is 6.09 Å². The van der Waals surface area contributed by atoms with Gasteiger partial charge in [0.15, 0.2) is 0 Å². The average Bonchev–Trinajstić information content (AvgIpc) is 3.09. The van der Waals surface area contributed by atoms with E-state index in [9.17, 15) is 4.79 Å². The number of anilines is 1. The fourth-order valence-electron chi connectivity index (χ4n) is 2.88. The fourth-order valence-corrected chi connectivity index (χ4v) is 2.88. The van der Waals surface area contributed by atoms with Crippen molar-refractivity contribution in [1.82, 2.24) is 19.9 Å². The first-order valence-corrected chi connectivity index (χ1v) is 8.62. The number of benzene rings is 1. The molecule has 0 aliphatic carbocycles. The van der Waals surface area contributed by atoms with Crippen LogP contribution in [0.3, 0.4) is 0 Å². The molecule has 1 aromatic heterocycles. The zero-order chi connectivity index (χ0) is 17.9. The largest absolute Gasteiger partial charge is 0.444 e. The maximum absolute atomic E-state index is 12.2. The summed E-state index contributed by atoms with van der Waals surface area (Å²) in [6.45, 7) is 7.05. The summed E-state index contributed by atoms with van der Waals surface area (Å²) in [7, 11) is 0. The number of nitrogens with one attached hydrogen (secondary N) is 1. The molecule has 1 fully saturated rings. The Morgan fingerprint density at radius 2 is 1.96 bits per heavy atom. The zero-order valence-corrected chi connectivity index (χ0v) is 15.0. The number of ether oxygens (including phenoxy) is 1. The van der Waals surface area contributed by atoms with Crippen molar-refractivity contribution in [3.05, 3.63) is 36.7 Å². The molecule has 7 nitrogen and oxygen atoms in total. The van der Waals surface area contributed by atoms with E-state index >= 15 is 0 Å². The highest BCUT2D eigenvalue weighted by atomic mass is 16.6. The second kappa shape index (κ2) is 7.13. The van der Waals surface area contributed by atoms with Crippen molar-refractivity contribution in [2.24, 2.45) is 0 Å². The van der Waals surface area contributed by atoms with Crippen molar-refractivity contribution in [2.45, 2.75) is 45.3 Å². The molecule has 0 saturated carbocycles. The van der Waals surface area contributed by atoms with Crippen molar-refractivity contribution in [2.75, 3.05) is 18.4 Å². The van der Waals surface area contributed by atoms with Crippen molar-refractivity contribution in [3.63, 3.8) is 0 Å². The SMILES string of the molecule is CC(C)(C)OC(=O)N1CCC(Nc2ccccc2-n2ccnn2)CC1. The first-order valence-electron chi connectivity index (χ1n) is 8.62. The molecule has 0 unspecified atom stereocenters. The van der Waals surface area contributed by atoms with Gasteiger partial charge in [0.05, 0.1) is 23.8 Å². The zero-order valence-electron chi connectivity index (χ0n) is 15.0. The molecule has 2 heterocycles. The van der Waals surface area contributed by atoms with Crippen LogP contribution in [-0.4, -0.2) is 50.7 Å². The number of hydrogen-bond donors (Lipinski definition) is 1. The van der Waals surface area contributed by atoms with E-state index < -0.39 is 5.60 Å². The van der Waals surface area contributed by atoms with Gasteiger partial charge in [-0.15, -0.1) is 5.10 Å². The number of para-hydroxylation sites is 2. The van der Waals surface area contributed by atoms with Crippen LogP contribution in [0.1, 0.15) is 33.6 Å². The van der Waals surface area contributed by atoms with Crippen LogP contribution in [0.15, 0.2) is 36.7 Å². The summed E-state index contributed by atoms with van der Waals surface area (Å²) < 4.78 is 7.19. The smallest absolute Gasteiger partial charge is 0.410 e. The highest BCUT2D eigenvalue weighted by Crippen LogP contribution is 2.23. The number of aromatic nitrogens is 3. The third-order valence-corrected chi connectivity index (χ3v) is 4.08. The van der Waals surface area contributed by atoms with E-state index in [1.165, 1.54) is 0 Å². The fraction of sp³-hybridized carbons (Fsp3) is 0.500. The lowest BCUT2D eigenvalue weighted by atomic mass is 10.0. The molecule has 0 atom stereocenters. The third kappa shape index (κ3) is 4.49. The molecule has 1 aromatic carbocycles. The van der Waals surface area contributed by atoms with Crippen molar-refractivity contribution in [3.8, 4) is 5.69 Å². The van der Waals surface area contributed by atoms with Crippen LogP contribution in [0.5, 0.6) is 0 Å². The van der Waals surface area contributed by atoms with Crippen LogP contribution in [0.25, 0.3) is 5.69 Å². The third-order valence-electron chi connectivity index (χ3n) is 4.08. The molecular formula is C18H25N5O2. The molecule has 2 aromatic rings. The van der Waals surface area contributed by atoms with E-state index in [4.69, 9.17) is 4.74 Å². The van der Waals surface area contributed by atoms with E-state index in [2.05, 4.69) is 15.6 Å². The predicted octanol–water partition coefficient (Wildman–Crippen LogP) is 3.08. The number of piperidine rings is 1. The Morgan fingerprint density at radius 1 is 1.24 bits per heavy atom. The molecule has 7 heteroatoms. The average molecular weight is 343 g/mol. The second-order valence-electron chi connectivity index (χ2n) is 7.25. The monoisotopic (exact) mass is 343 g/mol. The van der Waals surface area contributed by atoms with E-state index in [0.29, 0.717) is 19.1 Å². The Morgan fingerprint density at radius 3 is 2.60 bits per heavy atom.